The van der Waals surface area contributed by atoms with Crippen LogP contribution in [0.5, 0.6) is 5.88 Å². The van der Waals surface area contributed by atoms with E-state index in [1.165, 1.54) is 0 Å². The van der Waals surface area contributed by atoms with Crippen LogP contribution in [0.2, 0.25) is 0 Å². The molecular weight excluding hydrogens is 457 g/mol. The molecule has 0 aliphatic heterocycles. The summed E-state index contributed by atoms with van der Waals surface area (Å²) in [5.74, 6) is -0.635. The number of benzene rings is 1. The first kappa shape index (κ1) is 17.6. The van der Waals surface area contributed by atoms with Gasteiger partial charge in [-0.25, -0.2) is 19.1 Å². The fraction of sp³-hybridized carbons (Fsp3) is 0. The minimum atomic E-state index is -0.876. The van der Waals surface area contributed by atoms with Crippen LogP contribution in [-0.2, 0) is 0 Å². The smallest absolute Gasteiger partial charge is 0.335 e. The van der Waals surface area contributed by atoms with Crippen molar-refractivity contribution in [2.75, 3.05) is 0 Å². The molecule has 4 N–H and O–H groups in total. The van der Waals surface area contributed by atoms with E-state index in [0.29, 0.717) is 5.69 Å². The number of nitrogens with one attached hydrogen (secondary N) is 3. The first-order chi connectivity index (χ1) is 12.4. The van der Waals surface area contributed by atoms with Crippen molar-refractivity contribution in [3.63, 3.8) is 0 Å². The fourth-order valence-corrected chi connectivity index (χ4v) is 2.48. The van der Waals surface area contributed by atoms with Crippen LogP contribution in [0.25, 0.3) is 5.69 Å². The third kappa shape index (κ3) is 3.42. The molecule has 0 amide bonds. The average molecular weight is 467 g/mol. The first-order valence-electron chi connectivity index (χ1n) is 7.07. The molecule has 2 aromatic heterocycles. The normalized spacial score (nSPS) is 11.1. The predicted octanol–water partition coefficient (Wildman–Crippen LogP) is -0.0368. The van der Waals surface area contributed by atoms with Gasteiger partial charge in [-0.1, -0.05) is 0 Å². The van der Waals surface area contributed by atoms with Gasteiger partial charge in [-0.05, 0) is 46.9 Å². The molecule has 0 saturated heterocycles. The van der Waals surface area contributed by atoms with Crippen molar-refractivity contribution in [1.82, 2.24) is 19.5 Å². The summed E-state index contributed by atoms with van der Waals surface area (Å²) in [6.07, 6.45) is 1.98. The molecule has 26 heavy (non-hydrogen) atoms. The van der Waals surface area contributed by atoms with Gasteiger partial charge >= 0.3 is 11.4 Å². The maximum absolute atomic E-state index is 12.1. The Labute approximate surface area is 157 Å². The van der Waals surface area contributed by atoms with Crippen molar-refractivity contribution in [3.8, 4) is 11.6 Å². The van der Waals surface area contributed by atoms with Crippen LogP contribution in [-0.4, -0.2) is 30.8 Å². The zero-order chi connectivity index (χ0) is 18.8. The van der Waals surface area contributed by atoms with Gasteiger partial charge in [0, 0.05) is 16.0 Å². The summed E-state index contributed by atoms with van der Waals surface area (Å²) in [6.45, 7) is 0. The molecule has 0 bridgehead atoms. The average Bonchev–Trinajstić information content (AvgIpc) is 2.57. The van der Waals surface area contributed by atoms with Gasteiger partial charge in [0.1, 0.15) is 11.3 Å². The van der Waals surface area contributed by atoms with Crippen molar-refractivity contribution in [2.45, 2.75) is 0 Å². The Morgan fingerprint density at radius 3 is 2.38 bits per heavy atom. The molecule has 132 valence electrons. The summed E-state index contributed by atoms with van der Waals surface area (Å²) in [5, 5.41) is 10.4. The number of aliphatic imine (C=N–C) groups is 1. The Hall–Kier alpha value is -3.22. The van der Waals surface area contributed by atoms with Crippen LogP contribution in [0.1, 0.15) is 5.56 Å². The zero-order valence-electron chi connectivity index (χ0n) is 12.8. The summed E-state index contributed by atoms with van der Waals surface area (Å²) in [7, 11) is 0. The Kier molecular flexibility index (Phi) is 4.71. The monoisotopic (exact) mass is 467 g/mol. The third-order valence-electron chi connectivity index (χ3n) is 3.34. The summed E-state index contributed by atoms with van der Waals surface area (Å²) in [4.78, 5) is 56.7. The molecule has 0 radical (unpaired) electrons. The highest BCUT2D eigenvalue weighted by Gasteiger charge is 2.14. The van der Waals surface area contributed by atoms with E-state index in [9.17, 15) is 24.3 Å². The van der Waals surface area contributed by atoms with Crippen molar-refractivity contribution >= 4 is 34.5 Å². The molecule has 0 saturated carbocycles. The van der Waals surface area contributed by atoms with Crippen LogP contribution in [0.3, 0.4) is 0 Å². The lowest BCUT2D eigenvalue weighted by Crippen LogP contribution is -2.31. The Balaban J connectivity index is 2.15. The minimum Gasteiger partial charge on any atom is -0.493 e. The summed E-state index contributed by atoms with van der Waals surface area (Å²) in [6, 6.07) is 6.63. The lowest BCUT2D eigenvalue weighted by atomic mass is 10.3. The number of aromatic amines is 3. The van der Waals surface area contributed by atoms with Gasteiger partial charge in [-0.2, -0.15) is 0 Å². The summed E-state index contributed by atoms with van der Waals surface area (Å²) in [5.41, 5.74) is -3.36. The molecule has 0 atom stereocenters. The van der Waals surface area contributed by atoms with E-state index in [4.69, 9.17) is 0 Å². The van der Waals surface area contributed by atoms with Gasteiger partial charge in [0.2, 0.25) is 5.88 Å². The number of H-pyrrole nitrogens is 3. The molecule has 0 spiro atoms. The minimum absolute atomic E-state index is 0.185. The Morgan fingerprint density at radius 1 is 1.04 bits per heavy atom. The van der Waals surface area contributed by atoms with E-state index in [1.54, 1.807) is 24.3 Å². The van der Waals surface area contributed by atoms with Crippen molar-refractivity contribution in [3.05, 3.63) is 81.3 Å². The molecule has 0 unspecified atom stereocenters. The van der Waals surface area contributed by atoms with Crippen molar-refractivity contribution in [1.29, 1.82) is 0 Å². The summed E-state index contributed by atoms with van der Waals surface area (Å²) < 4.78 is 1.82. The highest BCUT2D eigenvalue weighted by molar-refractivity contribution is 14.1. The number of aromatic nitrogens is 4. The van der Waals surface area contributed by atoms with Gasteiger partial charge in [-0.15, -0.1) is 0 Å². The molecule has 1 aromatic carbocycles. The molecule has 11 heteroatoms. The zero-order valence-corrected chi connectivity index (χ0v) is 15.0. The molecule has 3 aromatic rings. The van der Waals surface area contributed by atoms with Crippen LogP contribution in [0.15, 0.2) is 54.6 Å². The second-order valence-electron chi connectivity index (χ2n) is 5.02. The quantitative estimate of drug-likeness (QED) is 0.315. The van der Waals surface area contributed by atoms with E-state index < -0.39 is 28.4 Å². The van der Waals surface area contributed by atoms with Crippen LogP contribution in [0, 0.1) is 3.57 Å². The molecular formula is C15H10IN5O5. The number of nitrogens with zero attached hydrogens (tertiary/aromatic N) is 2. The van der Waals surface area contributed by atoms with Crippen LogP contribution in [0.4, 0.5) is 5.69 Å². The van der Waals surface area contributed by atoms with Gasteiger partial charge in [-0.3, -0.25) is 19.6 Å². The number of hydrogen-bond donors (Lipinski definition) is 4. The number of rotatable bonds is 3. The molecule has 3 rings (SSSR count). The predicted molar refractivity (Wildman–Crippen MR) is 102 cm³/mol. The van der Waals surface area contributed by atoms with Crippen LogP contribution >= 0.6 is 22.6 Å². The first-order valence-corrected chi connectivity index (χ1v) is 8.15. The third-order valence-corrected chi connectivity index (χ3v) is 4.06. The van der Waals surface area contributed by atoms with E-state index >= 15 is 0 Å². The van der Waals surface area contributed by atoms with Gasteiger partial charge in [0.15, 0.2) is 0 Å². The number of hydrogen-bond acceptors (Lipinski definition) is 6. The molecule has 0 aliphatic rings. The number of halogens is 1. The lowest BCUT2D eigenvalue weighted by Gasteiger charge is -2.09. The molecule has 0 aliphatic carbocycles. The van der Waals surface area contributed by atoms with Gasteiger partial charge < -0.3 is 10.1 Å². The summed E-state index contributed by atoms with van der Waals surface area (Å²) >= 11 is 2.08. The molecule has 0 fully saturated rings. The van der Waals surface area contributed by atoms with E-state index in [2.05, 4.69) is 37.6 Å². The van der Waals surface area contributed by atoms with E-state index in [1.807, 2.05) is 4.98 Å². The molecule has 2 heterocycles. The highest BCUT2D eigenvalue weighted by Crippen LogP contribution is 2.17. The highest BCUT2D eigenvalue weighted by atomic mass is 127. The van der Waals surface area contributed by atoms with Crippen molar-refractivity contribution in [2.24, 2.45) is 4.99 Å². The number of aromatic hydroxyl groups is 1. The Bertz CT molecular complexity index is 1230. The maximum Gasteiger partial charge on any atom is 0.335 e. The SMILES string of the molecule is O=c1[nH]cc(N=Cc2c(O)n(-c3ccc(I)cc3)c(=O)[nH]c2=O)c(=O)[nH]1. The second kappa shape index (κ2) is 6.95. The van der Waals surface area contributed by atoms with Gasteiger partial charge in [0.25, 0.3) is 11.1 Å². The lowest BCUT2D eigenvalue weighted by molar-refractivity contribution is 0.430. The second-order valence-corrected chi connectivity index (χ2v) is 6.27. The van der Waals surface area contributed by atoms with E-state index in [-0.39, 0.29) is 11.3 Å². The maximum atomic E-state index is 12.1. The topological polar surface area (TPSA) is 153 Å². The van der Waals surface area contributed by atoms with E-state index in [0.717, 1.165) is 20.5 Å². The van der Waals surface area contributed by atoms with Crippen molar-refractivity contribution < 1.29 is 5.11 Å². The molecule has 10 nitrogen and oxygen atoms in total. The van der Waals surface area contributed by atoms with Crippen LogP contribution < -0.4 is 22.5 Å². The fourth-order valence-electron chi connectivity index (χ4n) is 2.12. The van der Waals surface area contributed by atoms with Gasteiger partial charge in [0.05, 0.1) is 5.69 Å². The largest absolute Gasteiger partial charge is 0.493 e. The standard InChI is InChI=1S/C15H10IN5O5/c16-7-1-3-8(4-2-7)21-13(24)9(11(22)20-15(21)26)5-17-10-6-18-14(25)19-12(10)23/h1-6,24H,(H,20,22,26)(H2,18,19,23,25). The Morgan fingerprint density at radius 2 is 1.73 bits per heavy atom.